The van der Waals surface area contributed by atoms with Gasteiger partial charge in [-0.25, -0.2) is 0 Å². The monoisotopic (exact) mass is 247 g/mol. The molecule has 0 aromatic carbocycles. The Labute approximate surface area is 111 Å². The van der Waals surface area contributed by atoms with Gasteiger partial charge in [0.1, 0.15) is 0 Å². The van der Waals surface area contributed by atoms with Gasteiger partial charge in [0.05, 0.1) is 0 Å². The van der Waals surface area contributed by atoms with E-state index in [4.69, 9.17) is 0 Å². The van der Waals surface area contributed by atoms with E-state index in [0.717, 1.165) is 25.7 Å². The minimum Gasteiger partial charge on any atom is -0.368 e. The topological polar surface area (TPSA) is 28.2 Å². The molecule has 0 radical (unpaired) electrons. The lowest BCUT2D eigenvalue weighted by Gasteiger charge is -2.25. The van der Waals surface area contributed by atoms with Crippen LogP contribution >= 0.6 is 0 Å². The molecule has 0 unspecified atom stereocenters. The normalized spacial score (nSPS) is 15.1. The van der Waals surface area contributed by atoms with Crippen molar-refractivity contribution < 1.29 is 0 Å². The Morgan fingerprint density at radius 2 is 2.22 bits per heavy atom. The number of hydrogen-bond acceptors (Lipinski definition) is 3. The van der Waals surface area contributed by atoms with Gasteiger partial charge in [0.2, 0.25) is 0 Å². The Bertz CT molecular complexity index is 372. The van der Waals surface area contributed by atoms with Crippen LogP contribution in [0.1, 0.15) is 39.2 Å². The van der Waals surface area contributed by atoms with Crippen molar-refractivity contribution in [3.05, 3.63) is 24.0 Å². The van der Waals surface area contributed by atoms with E-state index in [1.165, 1.54) is 24.1 Å². The van der Waals surface area contributed by atoms with Crippen molar-refractivity contribution in [1.82, 2.24) is 10.3 Å². The predicted octanol–water partition coefficient (Wildman–Crippen LogP) is 2.82. The number of aromatic nitrogens is 1. The number of nitrogens with one attached hydrogen (secondary N) is 1. The Morgan fingerprint density at radius 3 is 2.83 bits per heavy atom. The third-order valence-corrected chi connectivity index (χ3v) is 3.38. The molecule has 3 nitrogen and oxygen atoms in total. The fraction of sp³-hybridized carbons (Fsp3) is 0.667. The van der Waals surface area contributed by atoms with Gasteiger partial charge in [0.25, 0.3) is 0 Å². The number of nitrogens with zero attached hydrogens (tertiary/aromatic N) is 2. The molecule has 1 aliphatic carbocycles. The van der Waals surface area contributed by atoms with Gasteiger partial charge >= 0.3 is 0 Å². The predicted molar refractivity (Wildman–Crippen MR) is 76.8 cm³/mol. The standard InChI is InChI=1S/C15H25N3/c1-4-18(14-5-6-14)15-7-8-16-10-13(15)11-17-9-12(2)3/h7-8,10,12,14,17H,4-6,9,11H2,1-3H3. The first kappa shape index (κ1) is 13.3. The van der Waals surface area contributed by atoms with E-state index in [9.17, 15) is 0 Å². The van der Waals surface area contributed by atoms with Gasteiger partial charge in [0.15, 0.2) is 0 Å². The van der Waals surface area contributed by atoms with Crippen molar-refractivity contribution in [1.29, 1.82) is 0 Å². The van der Waals surface area contributed by atoms with Gasteiger partial charge in [-0.3, -0.25) is 4.98 Å². The van der Waals surface area contributed by atoms with Crippen LogP contribution in [0.2, 0.25) is 0 Å². The van der Waals surface area contributed by atoms with Crippen molar-refractivity contribution in [2.45, 2.75) is 46.2 Å². The third-order valence-electron chi connectivity index (χ3n) is 3.38. The molecule has 0 amide bonds. The molecule has 1 aromatic heterocycles. The van der Waals surface area contributed by atoms with Crippen molar-refractivity contribution in [3.63, 3.8) is 0 Å². The summed E-state index contributed by atoms with van der Waals surface area (Å²) in [5.41, 5.74) is 2.69. The highest BCUT2D eigenvalue weighted by Gasteiger charge is 2.29. The number of pyridine rings is 1. The second-order valence-electron chi connectivity index (χ2n) is 5.55. The molecule has 1 aliphatic rings. The lowest BCUT2D eigenvalue weighted by atomic mass is 10.2. The first-order valence-electron chi connectivity index (χ1n) is 7.12. The second kappa shape index (κ2) is 6.19. The van der Waals surface area contributed by atoms with Crippen LogP contribution in [0.25, 0.3) is 0 Å². The van der Waals surface area contributed by atoms with Gasteiger partial charge in [-0.1, -0.05) is 13.8 Å². The zero-order valence-electron chi connectivity index (χ0n) is 11.8. The molecule has 100 valence electrons. The summed E-state index contributed by atoms with van der Waals surface area (Å²) in [6.07, 6.45) is 6.60. The molecule has 0 saturated heterocycles. The van der Waals surface area contributed by atoms with Crippen LogP contribution in [0.4, 0.5) is 5.69 Å². The Balaban J connectivity index is 2.04. The molecule has 0 bridgehead atoms. The van der Waals surface area contributed by atoms with Gasteiger partial charge in [-0.2, -0.15) is 0 Å². The Kier molecular flexibility index (Phi) is 4.59. The molecule has 0 spiro atoms. The SMILES string of the molecule is CCN(c1ccncc1CNCC(C)C)C1CC1. The highest BCUT2D eigenvalue weighted by Crippen LogP contribution is 2.32. The number of rotatable bonds is 7. The van der Waals surface area contributed by atoms with E-state index in [2.05, 4.69) is 42.0 Å². The van der Waals surface area contributed by atoms with Gasteiger partial charge < -0.3 is 10.2 Å². The summed E-state index contributed by atoms with van der Waals surface area (Å²) in [5.74, 6) is 0.691. The van der Waals surface area contributed by atoms with E-state index in [1.807, 2.05) is 12.4 Å². The van der Waals surface area contributed by atoms with Crippen molar-refractivity contribution in [2.24, 2.45) is 5.92 Å². The molecule has 1 fully saturated rings. The summed E-state index contributed by atoms with van der Waals surface area (Å²) >= 11 is 0. The lowest BCUT2D eigenvalue weighted by molar-refractivity contribution is 0.551. The molecule has 1 aromatic rings. The summed E-state index contributed by atoms with van der Waals surface area (Å²) in [6, 6.07) is 2.93. The van der Waals surface area contributed by atoms with E-state index in [0.29, 0.717) is 5.92 Å². The second-order valence-corrected chi connectivity index (χ2v) is 5.55. The maximum atomic E-state index is 4.27. The van der Waals surface area contributed by atoms with Gasteiger partial charge in [0, 0.05) is 42.8 Å². The largest absolute Gasteiger partial charge is 0.368 e. The molecule has 3 heteroatoms. The molecule has 1 saturated carbocycles. The number of hydrogen-bond donors (Lipinski definition) is 1. The zero-order chi connectivity index (χ0) is 13.0. The Hall–Kier alpha value is -1.09. The van der Waals surface area contributed by atoms with Crippen LogP contribution in [0.3, 0.4) is 0 Å². The van der Waals surface area contributed by atoms with Crippen LogP contribution in [0, 0.1) is 5.92 Å². The average molecular weight is 247 g/mol. The maximum Gasteiger partial charge on any atom is 0.0445 e. The first-order chi connectivity index (χ1) is 8.72. The molecule has 1 N–H and O–H groups in total. The molecule has 18 heavy (non-hydrogen) atoms. The maximum absolute atomic E-state index is 4.27. The molecule has 2 rings (SSSR count). The van der Waals surface area contributed by atoms with E-state index in [-0.39, 0.29) is 0 Å². The molecule has 0 aliphatic heterocycles. The molecule has 0 atom stereocenters. The van der Waals surface area contributed by atoms with Crippen molar-refractivity contribution in [3.8, 4) is 0 Å². The number of anilines is 1. The smallest absolute Gasteiger partial charge is 0.0445 e. The average Bonchev–Trinajstić information content (AvgIpc) is 3.16. The summed E-state index contributed by atoms with van der Waals surface area (Å²) in [7, 11) is 0. The minimum absolute atomic E-state index is 0.691. The lowest BCUT2D eigenvalue weighted by Crippen LogP contribution is -2.28. The van der Waals surface area contributed by atoms with E-state index in [1.54, 1.807) is 0 Å². The summed E-state index contributed by atoms with van der Waals surface area (Å²) in [6.45, 7) is 9.78. The highest BCUT2D eigenvalue weighted by atomic mass is 15.2. The van der Waals surface area contributed by atoms with Crippen molar-refractivity contribution >= 4 is 5.69 Å². The van der Waals surface area contributed by atoms with Gasteiger partial charge in [-0.15, -0.1) is 0 Å². The summed E-state index contributed by atoms with van der Waals surface area (Å²) in [4.78, 5) is 6.79. The quantitative estimate of drug-likeness (QED) is 0.803. The summed E-state index contributed by atoms with van der Waals surface area (Å²) < 4.78 is 0. The third kappa shape index (κ3) is 3.45. The van der Waals surface area contributed by atoms with Crippen molar-refractivity contribution in [2.75, 3.05) is 18.0 Å². The van der Waals surface area contributed by atoms with Crippen LogP contribution in [0.15, 0.2) is 18.5 Å². The van der Waals surface area contributed by atoms with Gasteiger partial charge in [-0.05, 0) is 38.3 Å². The van der Waals surface area contributed by atoms with Crippen LogP contribution in [0.5, 0.6) is 0 Å². The van der Waals surface area contributed by atoms with E-state index < -0.39 is 0 Å². The first-order valence-corrected chi connectivity index (χ1v) is 7.12. The van der Waals surface area contributed by atoms with Crippen LogP contribution in [-0.4, -0.2) is 24.1 Å². The van der Waals surface area contributed by atoms with Crippen LogP contribution in [-0.2, 0) is 6.54 Å². The van der Waals surface area contributed by atoms with Crippen LogP contribution < -0.4 is 10.2 Å². The Morgan fingerprint density at radius 1 is 1.44 bits per heavy atom. The molecular weight excluding hydrogens is 222 g/mol. The highest BCUT2D eigenvalue weighted by molar-refractivity contribution is 5.54. The fourth-order valence-corrected chi connectivity index (χ4v) is 2.34. The fourth-order valence-electron chi connectivity index (χ4n) is 2.34. The minimum atomic E-state index is 0.691. The molecular formula is C15H25N3. The zero-order valence-corrected chi connectivity index (χ0v) is 11.8. The van der Waals surface area contributed by atoms with E-state index >= 15 is 0 Å². The summed E-state index contributed by atoms with van der Waals surface area (Å²) in [5, 5.41) is 3.51. The molecule has 1 heterocycles.